The van der Waals surface area contributed by atoms with Gasteiger partial charge in [-0.15, -0.1) is 0 Å². The maximum absolute atomic E-state index is 13.2. The molecule has 146 valence electrons. The van der Waals surface area contributed by atoms with Crippen LogP contribution < -0.4 is 10.1 Å². The molecule has 1 fully saturated rings. The Morgan fingerprint density at radius 2 is 1.79 bits per heavy atom. The molecule has 1 N–H and O–H groups in total. The molecule has 0 aromatic heterocycles. The number of nitrogens with zero attached hydrogens (tertiary/aromatic N) is 1. The first-order chi connectivity index (χ1) is 13.3. The lowest BCUT2D eigenvalue weighted by Crippen LogP contribution is -2.42. The van der Waals surface area contributed by atoms with Crippen molar-refractivity contribution < 1.29 is 9.53 Å². The van der Waals surface area contributed by atoms with Crippen LogP contribution in [0.3, 0.4) is 0 Å². The van der Waals surface area contributed by atoms with E-state index in [4.69, 9.17) is 9.73 Å². The molecule has 1 heterocycles. The average Bonchev–Trinajstić information content (AvgIpc) is 2.77. The molecule has 4 nitrogen and oxygen atoms in total. The lowest BCUT2D eigenvalue weighted by atomic mass is 9.68. The number of carbonyl (C=O) groups is 1. The van der Waals surface area contributed by atoms with E-state index in [1.165, 1.54) is 0 Å². The van der Waals surface area contributed by atoms with Crippen LogP contribution in [0.5, 0.6) is 5.75 Å². The number of fused-ring (bicyclic) bond motifs is 2. The Morgan fingerprint density at radius 3 is 2.50 bits per heavy atom. The van der Waals surface area contributed by atoms with E-state index in [1.54, 1.807) is 0 Å². The van der Waals surface area contributed by atoms with Crippen molar-refractivity contribution in [3.63, 3.8) is 0 Å². The second-order valence-corrected chi connectivity index (χ2v) is 8.94. The largest absolute Gasteiger partial charge is 0.491 e. The maximum atomic E-state index is 13.2. The van der Waals surface area contributed by atoms with Gasteiger partial charge in [0.2, 0.25) is 0 Å². The minimum atomic E-state index is -0.239. The number of ketones is 1. The van der Waals surface area contributed by atoms with Gasteiger partial charge in [0.05, 0.1) is 29.4 Å². The Hall–Kier alpha value is -2.62. The normalized spacial score (nSPS) is 23.2. The van der Waals surface area contributed by atoms with Crippen LogP contribution in [-0.2, 0) is 4.79 Å². The van der Waals surface area contributed by atoms with Gasteiger partial charge >= 0.3 is 0 Å². The summed E-state index contributed by atoms with van der Waals surface area (Å²) in [4.78, 5) is 18.1. The standard InChI is InChI=1S/C24H28N2O2/c1-15(2)28-17-11-9-16(10-12-17)23-22-20(13-24(3,4)14-21(22)27)25-18-7-5-6-8-19(18)26-23/h5-12,15,22-23,26H,13-14H2,1-4H3/t22-,23-/m1/s1. The molecule has 2 aromatic carbocycles. The predicted molar refractivity (Wildman–Crippen MR) is 114 cm³/mol. The van der Waals surface area contributed by atoms with Crippen LogP contribution in [0.2, 0.25) is 0 Å². The van der Waals surface area contributed by atoms with E-state index < -0.39 is 0 Å². The highest BCUT2D eigenvalue weighted by Crippen LogP contribution is 2.45. The Labute approximate surface area is 167 Å². The van der Waals surface area contributed by atoms with Gasteiger partial charge in [0, 0.05) is 12.1 Å². The van der Waals surface area contributed by atoms with Crippen LogP contribution in [0, 0.1) is 11.3 Å². The zero-order valence-corrected chi connectivity index (χ0v) is 17.0. The van der Waals surface area contributed by atoms with Crippen LogP contribution in [0.25, 0.3) is 0 Å². The molecule has 2 atom stereocenters. The van der Waals surface area contributed by atoms with Crippen molar-refractivity contribution in [2.24, 2.45) is 16.3 Å². The predicted octanol–water partition coefficient (Wildman–Crippen LogP) is 5.72. The molecule has 2 aromatic rings. The number of aliphatic imine (C=N–C) groups is 1. The number of benzene rings is 2. The van der Waals surface area contributed by atoms with E-state index >= 15 is 0 Å². The van der Waals surface area contributed by atoms with Gasteiger partial charge in [-0.3, -0.25) is 9.79 Å². The monoisotopic (exact) mass is 376 g/mol. The van der Waals surface area contributed by atoms with Gasteiger partial charge in [-0.05, 0) is 55.5 Å². The first-order valence-electron chi connectivity index (χ1n) is 10.0. The summed E-state index contributed by atoms with van der Waals surface area (Å²) in [6.45, 7) is 8.34. The number of hydrogen-bond donors (Lipinski definition) is 1. The number of anilines is 1. The zero-order valence-electron chi connectivity index (χ0n) is 17.0. The van der Waals surface area contributed by atoms with E-state index in [1.807, 2.05) is 50.2 Å². The molecular formula is C24H28N2O2. The van der Waals surface area contributed by atoms with Crippen LogP contribution in [0.15, 0.2) is 53.5 Å². The Kier molecular flexibility index (Phi) is 4.74. The third kappa shape index (κ3) is 3.68. The van der Waals surface area contributed by atoms with Gasteiger partial charge in [0.15, 0.2) is 0 Å². The summed E-state index contributed by atoms with van der Waals surface area (Å²) in [6, 6.07) is 16.0. The lowest BCUT2D eigenvalue weighted by Gasteiger charge is -2.37. The van der Waals surface area contributed by atoms with Crippen molar-refractivity contribution in [3.05, 3.63) is 54.1 Å². The molecule has 0 unspecified atom stereocenters. The van der Waals surface area contributed by atoms with Crippen molar-refractivity contribution in [2.75, 3.05) is 5.32 Å². The van der Waals surface area contributed by atoms with Crippen LogP contribution in [-0.4, -0.2) is 17.6 Å². The molecule has 0 saturated heterocycles. The first kappa shape index (κ1) is 18.7. The Morgan fingerprint density at radius 1 is 1.07 bits per heavy atom. The molecule has 4 rings (SSSR count). The second kappa shape index (κ2) is 7.08. The van der Waals surface area contributed by atoms with Gasteiger partial charge < -0.3 is 10.1 Å². The summed E-state index contributed by atoms with van der Waals surface area (Å²) in [6.07, 6.45) is 1.55. The summed E-state index contributed by atoms with van der Waals surface area (Å²) < 4.78 is 5.78. The number of Topliss-reactive ketones (excluding diaryl/α,β-unsaturated/α-hetero) is 1. The Balaban J connectivity index is 1.76. The third-order valence-electron chi connectivity index (χ3n) is 5.44. The minimum absolute atomic E-state index is 0.0504. The van der Waals surface area contributed by atoms with Crippen molar-refractivity contribution in [1.29, 1.82) is 0 Å². The molecule has 0 amide bonds. The average molecular weight is 377 g/mol. The third-order valence-corrected chi connectivity index (χ3v) is 5.44. The highest BCUT2D eigenvalue weighted by Gasteiger charge is 2.43. The second-order valence-electron chi connectivity index (χ2n) is 8.94. The van der Waals surface area contributed by atoms with E-state index in [0.29, 0.717) is 6.42 Å². The van der Waals surface area contributed by atoms with Gasteiger partial charge in [0.1, 0.15) is 11.5 Å². The molecule has 4 heteroatoms. The lowest BCUT2D eigenvalue weighted by molar-refractivity contribution is -0.124. The smallest absolute Gasteiger partial charge is 0.144 e. The number of ether oxygens (including phenoxy) is 1. The molecule has 28 heavy (non-hydrogen) atoms. The van der Waals surface area contributed by atoms with Crippen molar-refractivity contribution in [3.8, 4) is 5.75 Å². The van der Waals surface area contributed by atoms with Gasteiger partial charge in [-0.25, -0.2) is 0 Å². The summed E-state index contributed by atoms with van der Waals surface area (Å²) >= 11 is 0. The summed E-state index contributed by atoms with van der Waals surface area (Å²) in [5.74, 6) is 0.873. The number of hydrogen-bond acceptors (Lipinski definition) is 4. The van der Waals surface area contributed by atoms with E-state index in [0.717, 1.165) is 34.8 Å². The molecular weight excluding hydrogens is 348 g/mol. The molecule has 1 aliphatic carbocycles. The number of rotatable bonds is 3. The first-order valence-corrected chi connectivity index (χ1v) is 10.0. The molecule has 1 saturated carbocycles. The molecule has 1 aliphatic heterocycles. The fourth-order valence-electron chi connectivity index (χ4n) is 4.32. The van der Waals surface area contributed by atoms with Crippen molar-refractivity contribution in [1.82, 2.24) is 0 Å². The summed E-state index contributed by atoms with van der Waals surface area (Å²) in [5.41, 5.74) is 3.91. The van der Waals surface area contributed by atoms with Crippen LogP contribution >= 0.6 is 0 Å². The van der Waals surface area contributed by atoms with Crippen LogP contribution in [0.1, 0.15) is 52.1 Å². The molecule has 0 radical (unpaired) electrons. The highest BCUT2D eigenvalue weighted by molar-refractivity contribution is 6.10. The maximum Gasteiger partial charge on any atom is 0.144 e. The van der Waals surface area contributed by atoms with E-state index in [2.05, 4.69) is 31.3 Å². The number of carbonyl (C=O) groups excluding carboxylic acids is 1. The SMILES string of the molecule is CC(C)Oc1ccc([C@H]2Nc3ccccc3N=C3CC(C)(C)CC(=O)[C@@H]32)cc1. The topological polar surface area (TPSA) is 50.7 Å². The summed E-state index contributed by atoms with van der Waals surface area (Å²) in [5, 5.41) is 3.62. The van der Waals surface area contributed by atoms with Crippen molar-refractivity contribution in [2.45, 2.75) is 52.7 Å². The van der Waals surface area contributed by atoms with E-state index in [9.17, 15) is 4.79 Å². The fourth-order valence-corrected chi connectivity index (χ4v) is 4.32. The summed E-state index contributed by atoms with van der Waals surface area (Å²) in [7, 11) is 0. The molecule has 0 spiro atoms. The minimum Gasteiger partial charge on any atom is -0.491 e. The quantitative estimate of drug-likeness (QED) is 0.745. The molecule has 0 bridgehead atoms. The molecule has 2 aliphatic rings. The number of nitrogens with one attached hydrogen (secondary N) is 1. The Bertz CT molecular complexity index is 912. The van der Waals surface area contributed by atoms with Crippen LogP contribution in [0.4, 0.5) is 11.4 Å². The zero-order chi connectivity index (χ0) is 19.9. The highest BCUT2D eigenvalue weighted by atomic mass is 16.5. The fraction of sp³-hybridized carbons (Fsp3) is 0.417. The van der Waals surface area contributed by atoms with Crippen molar-refractivity contribution >= 4 is 22.9 Å². The van der Waals surface area contributed by atoms with E-state index in [-0.39, 0.29) is 29.3 Å². The van der Waals surface area contributed by atoms with Gasteiger partial charge in [0.25, 0.3) is 0 Å². The van der Waals surface area contributed by atoms with Gasteiger partial charge in [-0.1, -0.05) is 38.1 Å². The number of para-hydroxylation sites is 2. The van der Waals surface area contributed by atoms with Gasteiger partial charge in [-0.2, -0.15) is 0 Å².